The van der Waals surface area contributed by atoms with Crippen molar-refractivity contribution in [2.45, 2.75) is 25.0 Å². The average molecular weight is 520 g/mol. The molecular formula is C27H26FN5O3S. The van der Waals surface area contributed by atoms with Crippen molar-refractivity contribution in [3.05, 3.63) is 83.9 Å². The number of rotatable bonds is 6. The monoisotopic (exact) mass is 519 g/mol. The summed E-state index contributed by atoms with van der Waals surface area (Å²) in [4.78, 5) is 29.4. The Morgan fingerprint density at radius 1 is 1.05 bits per heavy atom. The minimum atomic E-state index is -0.540. The fourth-order valence-electron chi connectivity index (χ4n) is 4.45. The van der Waals surface area contributed by atoms with Crippen molar-refractivity contribution in [1.29, 1.82) is 0 Å². The third kappa shape index (κ3) is 5.01. The Hall–Kier alpha value is -3.92. The Bertz CT molecular complexity index is 1420. The number of carbonyl (C=O) groups is 2. The minimum absolute atomic E-state index is 0.0487. The lowest BCUT2D eigenvalue weighted by Gasteiger charge is -2.40. The quantitative estimate of drug-likeness (QED) is 0.350. The topological polar surface area (TPSA) is 84.5 Å². The molecule has 0 spiro atoms. The second kappa shape index (κ2) is 10.6. The number of furan rings is 1. The zero-order chi connectivity index (χ0) is 25.9. The van der Waals surface area contributed by atoms with Gasteiger partial charge in [0.25, 0.3) is 5.91 Å². The number of benzene rings is 2. The van der Waals surface area contributed by atoms with E-state index in [2.05, 4.69) is 10.2 Å². The molecule has 2 amide bonds. The van der Waals surface area contributed by atoms with E-state index in [1.807, 2.05) is 48.7 Å². The third-order valence-electron chi connectivity index (χ3n) is 6.40. The van der Waals surface area contributed by atoms with Gasteiger partial charge >= 0.3 is 0 Å². The summed E-state index contributed by atoms with van der Waals surface area (Å²) in [6.45, 7) is 4.97. The van der Waals surface area contributed by atoms with E-state index in [-0.39, 0.29) is 29.2 Å². The molecule has 1 atom stereocenters. The van der Waals surface area contributed by atoms with Crippen molar-refractivity contribution >= 4 is 23.6 Å². The van der Waals surface area contributed by atoms with Crippen LogP contribution in [-0.4, -0.2) is 67.8 Å². The van der Waals surface area contributed by atoms with Gasteiger partial charge in [-0.3, -0.25) is 14.2 Å². The first-order chi connectivity index (χ1) is 17.9. The van der Waals surface area contributed by atoms with E-state index in [0.29, 0.717) is 36.4 Å². The summed E-state index contributed by atoms with van der Waals surface area (Å²) in [6, 6.07) is 17.2. The van der Waals surface area contributed by atoms with Crippen molar-refractivity contribution in [3.63, 3.8) is 0 Å². The number of amides is 2. The summed E-state index contributed by atoms with van der Waals surface area (Å²) in [5, 5.41) is 9.28. The number of halogens is 1. The number of thioether (sulfide) groups is 1. The molecule has 10 heteroatoms. The summed E-state index contributed by atoms with van der Waals surface area (Å²) in [5.74, 6) is 0.344. The maximum absolute atomic E-state index is 14.1. The van der Waals surface area contributed by atoms with E-state index in [1.165, 1.54) is 23.9 Å². The summed E-state index contributed by atoms with van der Waals surface area (Å²) >= 11 is 1.30. The van der Waals surface area contributed by atoms with E-state index < -0.39 is 5.82 Å². The molecule has 2 aromatic carbocycles. The SMILES string of the molecule is Cc1ccccc1-n1c(SCC(=O)N2CCN(C(=O)c3ccccc3F)C(C)C2)nnc1-c1ccco1. The molecule has 3 heterocycles. The summed E-state index contributed by atoms with van der Waals surface area (Å²) < 4.78 is 21.6. The molecule has 37 heavy (non-hydrogen) atoms. The number of piperazine rings is 1. The van der Waals surface area contributed by atoms with Gasteiger partial charge in [-0.15, -0.1) is 10.2 Å². The smallest absolute Gasteiger partial charge is 0.257 e. The minimum Gasteiger partial charge on any atom is -0.461 e. The van der Waals surface area contributed by atoms with Gasteiger partial charge in [-0.2, -0.15) is 0 Å². The van der Waals surface area contributed by atoms with Gasteiger partial charge in [0, 0.05) is 25.7 Å². The van der Waals surface area contributed by atoms with Crippen LogP contribution >= 0.6 is 11.8 Å². The molecule has 190 valence electrons. The van der Waals surface area contributed by atoms with Crippen LogP contribution < -0.4 is 0 Å². The lowest BCUT2D eigenvalue weighted by atomic mass is 10.1. The van der Waals surface area contributed by atoms with Gasteiger partial charge in [0.1, 0.15) is 5.82 Å². The Labute approximate surface area is 218 Å². The maximum Gasteiger partial charge on any atom is 0.257 e. The molecule has 5 rings (SSSR count). The number of hydrogen-bond donors (Lipinski definition) is 0. The molecule has 2 aromatic heterocycles. The molecule has 0 radical (unpaired) electrons. The zero-order valence-electron chi connectivity index (χ0n) is 20.5. The fourth-order valence-corrected chi connectivity index (χ4v) is 5.30. The molecule has 1 unspecified atom stereocenters. The van der Waals surface area contributed by atoms with E-state index >= 15 is 0 Å². The molecule has 1 saturated heterocycles. The number of hydrogen-bond acceptors (Lipinski definition) is 6. The third-order valence-corrected chi connectivity index (χ3v) is 7.32. The van der Waals surface area contributed by atoms with Gasteiger partial charge in [-0.1, -0.05) is 42.1 Å². The van der Waals surface area contributed by atoms with Gasteiger partial charge in [-0.25, -0.2) is 4.39 Å². The van der Waals surface area contributed by atoms with Crippen molar-refractivity contribution in [2.75, 3.05) is 25.4 Å². The van der Waals surface area contributed by atoms with E-state index in [0.717, 1.165) is 11.3 Å². The van der Waals surface area contributed by atoms with Crippen LogP contribution in [0.5, 0.6) is 0 Å². The lowest BCUT2D eigenvalue weighted by Crippen LogP contribution is -2.55. The van der Waals surface area contributed by atoms with Crippen LogP contribution in [0.1, 0.15) is 22.8 Å². The first-order valence-corrected chi connectivity index (χ1v) is 12.9. The lowest BCUT2D eigenvalue weighted by molar-refractivity contribution is -0.130. The second-order valence-corrected chi connectivity index (χ2v) is 9.80. The largest absolute Gasteiger partial charge is 0.461 e. The van der Waals surface area contributed by atoms with Gasteiger partial charge in [0.05, 0.1) is 23.3 Å². The predicted octanol–water partition coefficient (Wildman–Crippen LogP) is 4.44. The molecular weight excluding hydrogens is 493 g/mol. The Kier molecular flexibility index (Phi) is 7.09. The fraction of sp³-hybridized carbons (Fsp3) is 0.259. The highest BCUT2D eigenvalue weighted by molar-refractivity contribution is 7.99. The van der Waals surface area contributed by atoms with Crippen molar-refractivity contribution in [1.82, 2.24) is 24.6 Å². The zero-order valence-corrected chi connectivity index (χ0v) is 21.3. The van der Waals surface area contributed by atoms with Crippen molar-refractivity contribution < 1.29 is 18.4 Å². The molecule has 0 saturated carbocycles. The highest BCUT2D eigenvalue weighted by Gasteiger charge is 2.31. The standard InChI is InChI=1S/C27H26FN5O3S/c1-18-8-3-6-11-22(18)33-25(23-12-7-15-36-23)29-30-27(33)37-17-24(34)31-13-14-32(19(2)16-31)26(35)20-9-4-5-10-21(20)28/h3-12,15,19H,13-14,16-17H2,1-2H3. The predicted molar refractivity (Wildman–Crippen MR) is 138 cm³/mol. The van der Waals surface area contributed by atoms with E-state index in [9.17, 15) is 14.0 Å². The highest BCUT2D eigenvalue weighted by Crippen LogP contribution is 2.30. The van der Waals surface area contributed by atoms with Gasteiger partial charge in [-0.05, 0) is 49.7 Å². The van der Waals surface area contributed by atoms with Crippen LogP contribution in [0.2, 0.25) is 0 Å². The van der Waals surface area contributed by atoms with Gasteiger partial charge in [0.15, 0.2) is 10.9 Å². The molecule has 1 fully saturated rings. The summed E-state index contributed by atoms with van der Waals surface area (Å²) in [5.41, 5.74) is 1.99. The molecule has 1 aliphatic heterocycles. The van der Waals surface area contributed by atoms with Crippen LogP contribution in [0.4, 0.5) is 4.39 Å². The first-order valence-electron chi connectivity index (χ1n) is 12.0. The van der Waals surface area contributed by atoms with Crippen molar-refractivity contribution in [2.24, 2.45) is 0 Å². The Morgan fingerprint density at radius 3 is 2.57 bits per heavy atom. The highest BCUT2D eigenvalue weighted by atomic mass is 32.2. The summed E-state index contributed by atoms with van der Waals surface area (Å²) in [6.07, 6.45) is 1.58. The molecule has 4 aromatic rings. The molecule has 0 N–H and O–H groups in total. The van der Waals surface area contributed by atoms with Crippen LogP contribution in [0.25, 0.3) is 17.3 Å². The van der Waals surface area contributed by atoms with E-state index in [4.69, 9.17) is 4.42 Å². The van der Waals surface area contributed by atoms with Gasteiger partial charge < -0.3 is 14.2 Å². The average Bonchev–Trinajstić information content (AvgIpc) is 3.57. The number of nitrogens with zero attached hydrogens (tertiary/aromatic N) is 5. The number of aryl methyl sites for hydroxylation is 1. The van der Waals surface area contributed by atoms with Crippen LogP contribution in [0, 0.1) is 12.7 Å². The summed E-state index contributed by atoms with van der Waals surface area (Å²) in [7, 11) is 0. The Morgan fingerprint density at radius 2 is 1.84 bits per heavy atom. The molecule has 8 nitrogen and oxygen atoms in total. The molecule has 0 aliphatic carbocycles. The molecule has 0 bridgehead atoms. The van der Waals surface area contributed by atoms with E-state index in [1.54, 1.807) is 34.3 Å². The van der Waals surface area contributed by atoms with Crippen molar-refractivity contribution in [3.8, 4) is 17.3 Å². The van der Waals surface area contributed by atoms with Crippen LogP contribution in [0.15, 0.2) is 76.5 Å². The Balaban J connectivity index is 1.28. The number of carbonyl (C=O) groups excluding carboxylic acids is 2. The normalized spacial score (nSPS) is 15.7. The van der Waals surface area contributed by atoms with Crippen LogP contribution in [-0.2, 0) is 4.79 Å². The number of para-hydroxylation sites is 1. The maximum atomic E-state index is 14.1. The molecule has 1 aliphatic rings. The number of aromatic nitrogens is 3. The van der Waals surface area contributed by atoms with Gasteiger partial charge in [0.2, 0.25) is 11.7 Å². The first kappa shape index (κ1) is 24.8. The van der Waals surface area contributed by atoms with Crippen LogP contribution in [0.3, 0.4) is 0 Å². The second-order valence-electron chi connectivity index (χ2n) is 8.86.